The number of thiazole rings is 1. The highest BCUT2D eigenvalue weighted by atomic mass is 32.2. The first-order chi connectivity index (χ1) is 10.3. The van der Waals surface area contributed by atoms with Crippen molar-refractivity contribution in [2.75, 3.05) is 11.6 Å². The summed E-state index contributed by atoms with van der Waals surface area (Å²) in [5.41, 5.74) is 3.57. The third kappa shape index (κ3) is 2.45. The molecule has 3 aromatic rings. The number of furan rings is 1. The zero-order chi connectivity index (χ0) is 14.2. The first-order valence-electron chi connectivity index (χ1n) is 7.11. The van der Waals surface area contributed by atoms with Crippen molar-refractivity contribution < 1.29 is 4.42 Å². The minimum absolute atomic E-state index is 0.359. The lowest BCUT2D eigenvalue weighted by Crippen LogP contribution is -2.15. The fourth-order valence-electron chi connectivity index (χ4n) is 2.92. The minimum Gasteiger partial charge on any atom is -0.469 e. The Balaban J connectivity index is 1.63. The smallest absolute Gasteiger partial charge is 0.150 e. The van der Waals surface area contributed by atoms with E-state index < -0.39 is 0 Å². The monoisotopic (exact) mass is 316 g/mol. The molecule has 0 aliphatic heterocycles. The van der Waals surface area contributed by atoms with Crippen molar-refractivity contribution in [3.05, 3.63) is 41.9 Å². The number of thioether (sulfide) groups is 1. The number of hydrogen-bond acceptors (Lipinski definition) is 5. The molecule has 1 atom stereocenters. The molecule has 1 aromatic carbocycles. The maximum atomic E-state index is 5.56. The Morgan fingerprint density at radius 2 is 2.33 bits per heavy atom. The second-order valence-electron chi connectivity index (χ2n) is 5.25. The average Bonchev–Trinajstić information content (AvgIpc) is 3.13. The highest BCUT2D eigenvalue weighted by Gasteiger charge is 2.22. The Kier molecular flexibility index (Phi) is 3.39. The summed E-state index contributed by atoms with van der Waals surface area (Å²) in [5, 5.41) is 3.65. The van der Waals surface area contributed by atoms with Gasteiger partial charge in [-0.05, 0) is 43.4 Å². The van der Waals surface area contributed by atoms with Crippen LogP contribution in [-0.2, 0) is 6.42 Å². The first-order valence-corrected chi connectivity index (χ1v) is 9.15. The third-order valence-corrected chi connectivity index (χ3v) is 5.94. The molecule has 3 nitrogen and oxygen atoms in total. The van der Waals surface area contributed by atoms with E-state index in [-0.39, 0.29) is 0 Å². The molecule has 21 heavy (non-hydrogen) atoms. The van der Waals surface area contributed by atoms with Crippen LogP contribution in [0.25, 0.3) is 10.2 Å². The van der Waals surface area contributed by atoms with Gasteiger partial charge < -0.3 is 9.73 Å². The van der Waals surface area contributed by atoms with Gasteiger partial charge in [0.1, 0.15) is 5.76 Å². The van der Waals surface area contributed by atoms with Gasteiger partial charge >= 0.3 is 0 Å². The summed E-state index contributed by atoms with van der Waals surface area (Å²) in [7, 11) is 0. The predicted molar refractivity (Wildman–Crippen MR) is 89.4 cm³/mol. The van der Waals surface area contributed by atoms with Gasteiger partial charge in [-0.1, -0.05) is 11.8 Å². The molecular formula is C16H16N2OS2. The van der Waals surface area contributed by atoms with E-state index in [1.54, 1.807) is 23.1 Å². The molecule has 0 radical (unpaired) electrons. The van der Waals surface area contributed by atoms with Gasteiger partial charge in [0.2, 0.25) is 0 Å². The molecule has 1 aliphatic rings. The van der Waals surface area contributed by atoms with Crippen LogP contribution in [0, 0.1) is 0 Å². The van der Waals surface area contributed by atoms with Crippen LogP contribution < -0.4 is 5.32 Å². The number of nitrogens with one attached hydrogen (secondary N) is 1. The molecule has 0 bridgehead atoms. The van der Waals surface area contributed by atoms with Crippen molar-refractivity contribution in [3.8, 4) is 0 Å². The van der Waals surface area contributed by atoms with Crippen LogP contribution in [0.2, 0.25) is 0 Å². The fraction of sp³-hybridized carbons (Fsp3) is 0.312. The number of fused-ring (bicyclic) bond motifs is 2. The summed E-state index contributed by atoms with van der Waals surface area (Å²) >= 11 is 3.46. The lowest BCUT2D eigenvalue weighted by atomic mass is 9.93. The number of aryl methyl sites for hydroxylation is 1. The van der Waals surface area contributed by atoms with Gasteiger partial charge in [-0.2, -0.15) is 0 Å². The van der Waals surface area contributed by atoms with Crippen LogP contribution in [0.1, 0.15) is 30.2 Å². The maximum Gasteiger partial charge on any atom is 0.150 e. The largest absolute Gasteiger partial charge is 0.469 e. The summed E-state index contributed by atoms with van der Waals surface area (Å²) in [6.45, 7) is 0. The molecule has 5 heteroatoms. The lowest BCUT2D eigenvalue weighted by Gasteiger charge is -2.23. The van der Waals surface area contributed by atoms with Crippen LogP contribution in [0.4, 0.5) is 5.69 Å². The third-order valence-electron chi connectivity index (χ3n) is 3.94. The van der Waals surface area contributed by atoms with Crippen molar-refractivity contribution in [2.24, 2.45) is 0 Å². The minimum atomic E-state index is 0.359. The number of rotatable bonds is 3. The normalized spacial score (nSPS) is 17.9. The van der Waals surface area contributed by atoms with E-state index >= 15 is 0 Å². The molecule has 4 rings (SSSR count). The van der Waals surface area contributed by atoms with Crippen molar-refractivity contribution in [3.63, 3.8) is 0 Å². The quantitative estimate of drug-likeness (QED) is 0.682. The number of benzene rings is 1. The van der Waals surface area contributed by atoms with E-state index in [0.717, 1.165) is 34.1 Å². The molecule has 2 heterocycles. The van der Waals surface area contributed by atoms with Gasteiger partial charge in [0.15, 0.2) is 4.34 Å². The molecule has 1 aliphatic carbocycles. The standard InChI is InChI=1S/C16H16N2OS2/c1-20-16-18-13-6-5-10(9-15(13)21-16)17-12-3-2-4-14-11(12)7-8-19-14/h5-9,12,17H,2-4H2,1H3. The Bertz CT molecular complexity index is 778. The van der Waals surface area contributed by atoms with Crippen LogP contribution in [0.15, 0.2) is 39.3 Å². The predicted octanol–water partition coefficient (Wildman–Crippen LogP) is 5.10. The molecule has 2 aromatic heterocycles. The van der Waals surface area contributed by atoms with Gasteiger partial charge in [-0.25, -0.2) is 4.98 Å². The van der Waals surface area contributed by atoms with E-state index in [0.29, 0.717) is 6.04 Å². The maximum absolute atomic E-state index is 5.56. The molecule has 0 fully saturated rings. The molecule has 0 spiro atoms. The molecule has 0 saturated carbocycles. The van der Waals surface area contributed by atoms with Crippen LogP contribution in [-0.4, -0.2) is 11.2 Å². The van der Waals surface area contributed by atoms with Gasteiger partial charge in [-0.3, -0.25) is 0 Å². The van der Waals surface area contributed by atoms with Crippen molar-refractivity contribution in [1.82, 2.24) is 4.98 Å². The van der Waals surface area contributed by atoms with Crippen molar-refractivity contribution in [1.29, 1.82) is 0 Å². The van der Waals surface area contributed by atoms with E-state index in [1.807, 2.05) is 6.26 Å². The van der Waals surface area contributed by atoms with Gasteiger partial charge in [0.25, 0.3) is 0 Å². The molecule has 1 unspecified atom stereocenters. The highest BCUT2D eigenvalue weighted by Crippen LogP contribution is 2.35. The second kappa shape index (κ2) is 5.39. The zero-order valence-electron chi connectivity index (χ0n) is 11.8. The summed E-state index contributed by atoms with van der Waals surface area (Å²) in [4.78, 5) is 4.59. The summed E-state index contributed by atoms with van der Waals surface area (Å²) < 4.78 is 7.93. The number of aromatic nitrogens is 1. The molecule has 0 saturated heterocycles. The van der Waals surface area contributed by atoms with E-state index in [1.165, 1.54) is 16.7 Å². The zero-order valence-corrected chi connectivity index (χ0v) is 13.4. The van der Waals surface area contributed by atoms with Crippen molar-refractivity contribution >= 4 is 39.0 Å². The molecule has 108 valence electrons. The number of nitrogens with zero attached hydrogens (tertiary/aromatic N) is 1. The average molecular weight is 316 g/mol. The van der Waals surface area contributed by atoms with E-state index in [9.17, 15) is 0 Å². The Labute approximate surface area is 131 Å². The topological polar surface area (TPSA) is 38.1 Å². The molecule has 1 N–H and O–H groups in total. The summed E-state index contributed by atoms with van der Waals surface area (Å²) in [6.07, 6.45) is 7.27. The van der Waals surface area contributed by atoms with Gasteiger partial charge in [0.05, 0.1) is 22.5 Å². The lowest BCUT2D eigenvalue weighted by molar-refractivity contribution is 0.461. The number of anilines is 1. The molecule has 0 amide bonds. The SMILES string of the molecule is CSc1nc2ccc(NC3CCCc4occc43)cc2s1. The van der Waals surface area contributed by atoms with Crippen LogP contribution in [0.3, 0.4) is 0 Å². The Morgan fingerprint density at radius 3 is 3.24 bits per heavy atom. The first kappa shape index (κ1) is 13.2. The summed E-state index contributed by atoms with van der Waals surface area (Å²) in [6, 6.07) is 8.90. The van der Waals surface area contributed by atoms with Crippen LogP contribution in [0.5, 0.6) is 0 Å². The number of hydrogen-bond donors (Lipinski definition) is 1. The van der Waals surface area contributed by atoms with Gasteiger partial charge in [-0.15, -0.1) is 11.3 Å². The van der Waals surface area contributed by atoms with Gasteiger partial charge in [0, 0.05) is 17.7 Å². The Hall–Kier alpha value is -1.46. The van der Waals surface area contributed by atoms with Crippen LogP contribution >= 0.6 is 23.1 Å². The second-order valence-corrected chi connectivity index (χ2v) is 7.34. The van der Waals surface area contributed by atoms with E-state index in [2.05, 4.69) is 40.8 Å². The fourth-order valence-corrected chi connectivity index (χ4v) is 4.45. The highest BCUT2D eigenvalue weighted by molar-refractivity contribution is 8.00. The van der Waals surface area contributed by atoms with E-state index in [4.69, 9.17) is 4.42 Å². The summed E-state index contributed by atoms with van der Waals surface area (Å²) in [5.74, 6) is 1.14. The van der Waals surface area contributed by atoms with Crippen molar-refractivity contribution in [2.45, 2.75) is 29.6 Å². The molecular weight excluding hydrogens is 300 g/mol. The Morgan fingerprint density at radius 1 is 1.38 bits per heavy atom.